The summed E-state index contributed by atoms with van der Waals surface area (Å²) in [7, 11) is 0. The van der Waals surface area contributed by atoms with E-state index < -0.39 is 18.0 Å². The van der Waals surface area contributed by atoms with Crippen molar-refractivity contribution < 1.29 is 24.2 Å². The van der Waals surface area contributed by atoms with E-state index in [2.05, 4.69) is 5.32 Å². The summed E-state index contributed by atoms with van der Waals surface area (Å²) in [6, 6.07) is 12.0. The van der Waals surface area contributed by atoms with Gasteiger partial charge in [0.2, 0.25) is 0 Å². The largest absolute Gasteiger partial charge is 0.508 e. The Hall–Kier alpha value is -3.15. The van der Waals surface area contributed by atoms with Crippen LogP contribution in [0.4, 0.5) is 5.69 Å². The fourth-order valence-electron chi connectivity index (χ4n) is 1.94. The van der Waals surface area contributed by atoms with Crippen LogP contribution in [-0.2, 0) is 9.53 Å². The van der Waals surface area contributed by atoms with Gasteiger partial charge in [-0.1, -0.05) is 12.1 Å². The number of benzene rings is 2. The Bertz CT molecular complexity index is 767. The van der Waals surface area contributed by atoms with Crippen molar-refractivity contribution in [3.8, 4) is 5.75 Å². The van der Waals surface area contributed by atoms with Crippen molar-refractivity contribution in [2.75, 3.05) is 5.32 Å². The standard InChI is InChI=1S/C18H17NO5/c1-11(20)14-4-3-5-15(10-14)19-17(22)12(2)24-18(23)13-6-8-16(21)9-7-13/h3-10,12,21H,1-2H3,(H,19,22). The molecule has 24 heavy (non-hydrogen) atoms. The van der Waals surface area contributed by atoms with E-state index in [1.807, 2.05) is 0 Å². The number of carbonyl (C=O) groups excluding carboxylic acids is 3. The van der Waals surface area contributed by atoms with Crippen molar-refractivity contribution in [2.24, 2.45) is 0 Å². The average molecular weight is 327 g/mol. The number of hydrogen-bond acceptors (Lipinski definition) is 5. The first-order valence-corrected chi connectivity index (χ1v) is 7.28. The second-order valence-corrected chi connectivity index (χ2v) is 5.22. The number of rotatable bonds is 5. The zero-order valence-electron chi connectivity index (χ0n) is 13.3. The summed E-state index contributed by atoms with van der Waals surface area (Å²) >= 11 is 0. The normalized spacial score (nSPS) is 11.4. The van der Waals surface area contributed by atoms with Crippen molar-refractivity contribution in [1.29, 1.82) is 0 Å². The number of phenols is 1. The maximum Gasteiger partial charge on any atom is 0.338 e. The zero-order valence-corrected chi connectivity index (χ0v) is 13.3. The molecule has 0 heterocycles. The van der Waals surface area contributed by atoms with Crippen molar-refractivity contribution in [2.45, 2.75) is 20.0 Å². The lowest BCUT2D eigenvalue weighted by molar-refractivity contribution is -0.123. The molecule has 2 aromatic rings. The molecule has 0 saturated carbocycles. The zero-order chi connectivity index (χ0) is 17.7. The summed E-state index contributed by atoms with van der Waals surface area (Å²) in [5, 5.41) is 11.8. The first-order chi connectivity index (χ1) is 11.4. The minimum absolute atomic E-state index is 0.0303. The number of ketones is 1. The lowest BCUT2D eigenvalue weighted by Crippen LogP contribution is -2.30. The molecular formula is C18H17NO5. The minimum atomic E-state index is -1.02. The van der Waals surface area contributed by atoms with Gasteiger partial charge in [0.1, 0.15) is 5.75 Å². The molecule has 0 spiro atoms. The van der Waals surface area contributed by atoms with Gasteiger partial charge in [0.15, 0.2) is 11.9 Å². The third-order valence-corrected chi connectivity index (χ3v) is 3.29. The Morgan fingerprint density at radius 3 is 2.33 bits per heavy atom. The van der Waals surface area contributed by atoms with Crippen LogP contribution >= 0.6 is 0 Å². The first-order valence-electron chi connectivity index (χ1n) is 7.28. The third-order valence-electron chi connectivity index (χ3n) is 3.29. The average Bonchev–Trinajstić information content (AvgIpc) is 2.55. The van der Waals surface area contributed by atoms with Gasteiger partial charge in [0.05, 0.1) is 5.56 Å². The second-order valence-electron chi connectivity index (χ2n) is 5.22. The lowest BCUT2D eigenvalue weighted by Gasteiger charge is -2.14. The van der Waals surface area contributed by atoms with Crippen LogP contribution < -0.4 is 5.32 Å². The monoisotopic (exact) mass is 327 g/mol. The van der Waals surface area contributed by atoms with Crippen LogP contribution in [0.25, 0.3) is 0 Å². The molecule has 0 aliphatic heterocycles. The van der Waals surface area contributed by atoms with E-state index in [-0.39, 0.29) is 17.1 Å². The molecule has 0 aliphatic rings. The highest BCUT2D eigenvalue weighted by atomic mass is 16.5. The number of carbonyl (C=O) groups is 3. The summed E-state index contributed by atoms with van der Waals surface area (Å²) in [4.78, 5) is 35.4. The molecule has 1 unspecified atom stereocenters. The minimum Gasteiger partial charge on any atom is -0.508 e. The number of Topliss-reactive ketones (excluding diaryl/α,β-unsaturated/α-hetero) is 1. The van der Waals surface area contributed by atoms with Gasteiger partial charge < -0.3 is 15.2 Å². The molecule has 1 atom stereocenters. The Morgan fingerprint density at radius 1 is 1.04 bits per heavy atom. The van der Waals surface area contributed by atoms with Crippen molar-refractivity contribution in [3.05, 3.63) is 59.7 Å². The summed E-state index contributed by atoms with van der Waals surface area (Å²) in [6.45, 7) is 2.88. The van der Waals surface area contributed by atoms with E-state index >= 15 is 0 Å². The van der Waals surface area contributed by atoms with Crippen LogP contribution in [0.2, 0.25) is 0 Å². The number of amides is 1. The molecule has 6 nitrogen and oxygen atoms in total. The van der Waals surface area contributed by atoms with Crippen molar-refractivity contribution >= 4 is 23.3 Å². The van der Waals surface area contributed by atoms with Crippen LogP contribution in [-0.4, -0.2) is 28.9 Å². The molecule has 2 rings (SSSR count). The highest BCUT2D eigenvalue weighted by Gasteiger charge is 2.19. The predicted octanol–water partition coefficient (Wildman–Crippen LogP) is 2.78. The van der Waals surface area contributed by atoms with Crippen LogP contribution in [0.3, 0.4) is 0 Å². The van der Waals surface area contributed by atoms with Crippen LogP contribution in [0, 0.1) is 0 Å². The van der Waals surface area contributed by atoms with E-state index in [0.29, 0.717) is 11.3 Å². The number of hydrogen-bond donors (Lipinski definition) is 2. The molecule has 6 heteroatoms. The van der Waals surface area contributed by atoms with E-state index in [9.17, 15) is 19.5 Å². The molecule has 124 valence electrons. The molecule has 0 bridgehead atoms. The van der Waals surface area contributed by atoms with Gasteiger partial charge in [-0.2, -0.15) is 0 Å². The molecule has 0 aliphatic carbocycles. The Morgan fingerprint density at radius 2 is 1.71 bits per heavy atom. The maximum absolute atomic E-state index is 12.1. The fraction of sp³-hybridized carbons (Fsp3) is 0.167. The molecule has 1 amide bonds. The molecule has 2 aromatic carbocycles. The lowest BCUT2D eigenvalue weighted by atomic mass is 10.1. The van der Waals surface area contributed by atoms with Crippen molar-refractivity contribution in [1.82, 2.24) is 0 Å². The third kappa shape index (κ3) is 4.42. The van der Waals surface area contributed by atoms with Gasteiger partial charge in [-0.05, 0) is 50.2 Å². The van der Waals surface area contributed by atoms with Crippen LogP contribution in [0.5, 0.6) is 5.75 Å². The van der Waals surface area contributed by atoms with Gasteiger partial charge in [-0.15, -0.1) is 0 Å². The summed E-state index contributed by atoms with van der Waals surface area (Å²) in [6.07, 6.45) is -1.02. The van der Waals surface area contributed by atoms with E-state index in [4.69, 9.17) is 4.74 Å². The van der Waals surface area contributed by atoms with E-state index in [1.165, 1.54) is 38.1 Å². The Kier molecular flexibility index (Phi) is 5.31. The molecule has 0 aromatic heterocycles. The van der Waals surface area contributed by atoms with Gasteiger partial charge in [-0.25, -0.2) is 4.79 Å². The van der Waals surface area contributed by atoms with Gasteiger partial charge in [-0.3, -0.25) is 9.59 Å². The van der Waals surface area contributed by atoms with Crippen LogP contribution in [0.1, 0.15) is 34.6 Å². The molecule has 0 saturated heterocycles. The van der Waals surface area contributed by atoms with Gasteiger partial charge >= 0.3 is 5.97 Å². The summed E-state index contributed by atoms with van der Waals surface area (Å²) < 4.78 is 5.09. The summed E-state index contributed by atoms with van der Waals surface area (Å²) in [5.41, 5.74) is 1.15. The van der Waals surface area contributed by atoms with Crippen LogP contribution in [0.15, 0.2) is 48.5 Å². The maximum atomic E-state index is 12.1. The van der Waals surface area contributed by atoms with E-state index in [0.717, 1.165) is 0 Å². The van der Waals surface area contributed by atoms with Crippen molar-refractivity contribution in [3.63, 3.8) is 0 Å². The molecular weight excluding hydrogens is 310 g/mol. The Labute approximate surface area is 139 Å². The number of anilines is 1. The Balaban J connectivity index is 1.99. The predicted molar refractivity (Wildman–Crippen MR) is 88.1 cm³/mol. The second kappa shape index (κ2) is 7.41. The number of nitrogens with one attached hydrogen (secondary N) is 1. The SMILES string of the molecule is CC(=O)c1cccc(NC(=O)C(C)OC(=O)c2ccc(O)cc2)c1. The fourth-order valence-corrected chi connectivity index (χ4v) is 1.94. The number of phenolic OH excluding ortho intramolecular Hbond substituents is 1. The summed E-state index contributed by atoms with van der Waals surface area (Å²) in [5.74, 6) is -1.27. The molecule has 0 radical (unpaired) electrons. The first kappa shape index (κ1) is 17.2. The molecule has 0 fully saturated rings. The van der Waals surface area contributed by atoms with Gasteiger partial charge in [0.25, 0.3) is 5.91 Å². The smallest absolute Gasteiger partial charge is 0.338 e. The highest BCUT2D eigenvalue weighted by Crippen LogP contribution is 2.14. The number of esters is 1. The van der Waals surface area contributed by atoms with E-state index in [1.54, 1.807) is 24.3 Å². The molecule has 2 N–H and O–H groups in total. The number of ether oxygens (including phenoxy) is 1. The van der Waals surface area contributed by atoms with Gasteiger partial charge in [0, 0.05) is 11.3 Å². The highest BCUT2D eigenvalue weighted by molar-refractivity contribution is 5.99. The topological polar surface area (TPSA) is 92.7 Å². The number of aromatic hydroxyl groups is 1. The quantitative estimate of drug-likeness (QED) is 0.651.